The predicted octanol–water partition coefficient (Wildman–Crippen LogP) is 3.42. The Morgan fingerprint density at radius 2 is 1.86 bits per heavy atom. The fraction of sp³-hybridized carbons (Fsp3) is 0.200. The van der Waals surface area contributed by atoms with Gasteiger partial charge in [-0.2, -0.15) is 0 Å². The zero-order valence-corrected chi connectivity index (χ0v) is 11.8. The summed E-state index contributed by atoms with van der Waals surface area (Å²) in [6.07, 6.45) is 0. The lowest BCUT2D eigenvalue weighted by atomic mass is 10.1. The van der Waals surface area contributed by atoms with Crippen molar-refractivity contribution in [3.8, 4) is 17.2 Å². The van der Waals surface area contributed by atoms with Crippen molar-refractivity contribution in [1.29, 1.82) is 0 Å². The molecular weight excluding hydrogens is 272 g/mol. The van der Waals surface area contributed by atoms with Crippen molar-refractivity contribution in [2.24, 2.45) is 5.73 Å². The zero-order valence-electron chi connectivity index (χ0n) is 11.8. The van der Waals surface area contributed by atoms with Crippen LogP contribution in [-0.4, -0.2) is 12.0 Å². The molecule has 0 aliphatic carbocycles. The van der Waals surface area contributed by atoms with E-state index < -0.39 is 4.92 Å². The molecule has 0 unspecified atom stereocenters. The lowest BCUT2D eigenvalue weighted by Gasteiger charge is -2.17. The molecule has 2 N–H and O–H groups in total. The summed E-state index contributed by atoms with van der Waals surface area (Å²) in [4.78, 5) is 10.3. The molecule has 2 aromatic rings. The normalized spacial score (nSPS) is 11.8. The minimum Gasteiger partial charge on any atom is -0.496 e. The third kappa shape index (κ3) is 3.29. The number of hydrogen-bond acceptors (Lipinski definition) is 5. The molecule has 21 heavy (non-hydrogen) atoms. The van der Waals surface area contributed by atoms with E-state index in [9.17, 15) is 10.1 Å². The molecule has 2 aromatic carbocycles. The SMILES string of the molecule is COc1cccc(Oc2cccc([N+](=O)[O-])c2)c1[C@H](C)N. The first-order valence-corrected chi connectivity index (χ1v) is 6.37. The molecule has 0 fully saturated rings. The molecule has 0 radical (unpaired) electrons. The number of rotatable bonds is 5. The number of hydrogen-bond donors (Lipinski definition) is 1. The Bertz CT molecular complexity index is 656. The maximum Gasteiger partial charge on any atom is 0.273 e. The summed E-state index contributed by atoms with van der Waals surface area (Å²) in [7, 11) is 1.55. The van der Waals surface area contributed by atoms with E-state index in [0.717, 1.165) is 0 Å². The van der Waals surface area contributed by atoms with E-state index in [1.807, 2.05) is 6.92 Å². The molecule has 6 nitrogen and oxygen atoms in total. The highest BCUT2D eigenvalue weighted by Gasteiger charge is 2.15. The molecule has 0 aliphatic rings. The van der Waals surface area contributed by atoms with Crippen molar-refractivity contribution in [2.45, 2.75) is 13.0 Å². The van der Waals surface area contributed by atoms with Crippen molar-refractivity contribution in [1.82, 2.24) is 0 Å². The Balaban J connectivity index is 2.40. The highest BCUT2D eigenvalue weighted by atomic mass is 16.6. The Kier molecular flexibility index (Phi) is 4.39. The van der Waals surface area contributed by atoms with Crippen LogP contribution in [0.3, 0.4) is 0 Å². The van der Waals surface area contributed by atoms with Gasteiger partial charge < -0.3 is 15.2 Å². The van der Waals surface area contributed by atoms with Crippen LogP contribution in [0.25, 0.3) is 0 Å². The molecule has 0 aromatic heterocycles. The van der Waals surface area contributed by atoms with E-state index >= 15 is 0 Å². The summed E-state index contributed by atoms with van der Waals surface area (Å²) in [5, 5.41) is 10.8. The van der Waals surface area contributed by atoms with E-state index in [0.29, 0.717) is 22.8 Å². The second-order valence-electron chi connectivity index (χ2n) is 4.52. The van der Waals surface area contributed by atoms with Gasteiger partial charge in [-0.15, -0.1) is 0 Å². The number of nitrogens with two attached hydrogens (primary N) is 1. The van der Waals surface area contributed by atoms with Crippen molar-refractivity contribution >= 4 is 5.69 Å². The molecule has 0 aliphatic heterocycles. The first-order valence-electron chi connectivity index (χ1n) is 6.37. The molecule has 0 saturated heterocycles. The minimum atomic E-state index is -0.467. The number of ether oxygens (including phenoxy) is 2. The van der Waals surface area contributed by atoms with Gasteiger partial charge in [0.1, 0.15) is 17.2 Å². The van der Waals surface area contributed by atoms with Crippen LogP contribution in [0.5, 0.6) is 17.2 Å². The molecule has 6 heteroatoms. The summed E-state index contributed by atoms with van der Waals surface area (Å²) in [6.45, 7) is 1.82. The van der Waals surface area contributed by atoms with E-state index in [1.54, 1.807) is 37.4 Å². The highest BCUT2D eigenvalue weighted by molar-refractivity contribution is 5.49. The first-order chi connectivity index (χ1) is 10.0. The second-order valence-corrected chi connectivity index (χ2v) is 4.52. The van der Waals surface area contributed by atoms with Crippen molar-refractivity contribution in [3.05, 3.63) is 58.1 Å². The quantitative estimate of drug-likeness (QED) is 0.672. The maximum absolute atomic E-state index is 10.8. The lowest BCUT2D eigenvalue weighted by Crippen LogP contribution is -2.08. The van der Waals surface area contributed by atoms with Crippen LogP contribution in [0.15, 0.2) is 42.5 Å². The Labute approximate surface area is 122 Å². The summed E-state index contributed by atoms with van der Waals surface area (Å²) in [5.41, 5.74) is 6.64. The summed E-state index contributed by atoms with van der Waals surface area (Å²) in [5.74, 6) is 1.51. The van der Waals surface area contributed by atoms with E-state index in [4.69, 9.17) is 15.2 Å². The molecule has 0 heterocycles. The Hall–Kier alpha value is -2.60. The maximum atomic E-state index is 10.8. The van der Waals surface area contributed by atoms with Gasteiger partial charge in [0.25, 0.3) is 5.69 Å². The van der Waals surface area contributed by atoms with Gasteiger partial charge in [-0.25, -0.2) is 0 Å². The third-order valence-corrected chi connectivity index (χ3v) is 2.96. The number of nitro benzene ring substituents is 1. The molecular formula is C15H16N2O4. The number of methoxy groups -OCH3 is 1. The van der Waals surface area contributed by atoms with E-state index in [2.05, 4.69) is 0 Å². The second kappa shape index (κ2) is 6.23. The predicted molar refractivity (Wildman–Crippen MR) is 78.8 cm³/mol. The minimum absolute atomic E-state index is 0.0299. The van der Waals surface area contributed by atoms with Gasteiger partial charge in [-0.3, -0.25) is 10.1 Å². The topological polar surface area (TPSA) is 87.6 Å². The van der Waals surface area contributed by atoms with Gasteiger partial charge in [-0.1, -0.05) is 12.1 Å². The van der Waals surface area contributed by atoms with Crippen LogP contribution >= 0.6 is 0 Å². The van der Waals surface area contributed by atoms with Crippen LogP contribution in [0.4, 0.5) is 5.69 Å². The fourth-order valence-corrected chi connectivity index (χ4v) is 2.03. The zero-order chi connectivity index (χ0) is 15.4. The molecule has 1 atom stereocenters. The van der Waals surface area contributed by atoms with Gasteiger partial charge in [0, 0.05) is 12.1 Å². The van der Waals surface area contributed by atoms with E-state index in [-0.39, 0.29) is 11.7 Å². The van der Waals surface area contributed by atoms with Gasteiger partial charge >= 0.3 is 0 Å². The van der Waals surface area contributed by atoms with Crippen molar-refractivity contribution in [3.63, 3.8) is 0 Å². The van der Waals surface area contributed by atoms with Crippen LogP contribution in [0, 0.1) is 10.1 Å². The molecule has 0 amide bonds. The monoisotopic (exact) mass is 288 g/mol. The standard InChI is InChI=1S/C15H16N2O4/c1-10(16)15-13(20-2)7-4-8-14(15)21-12-6-3-5-11(9-12)17(18)19/h3-10H,16H2,1-2H3/t10-/m0/s1. The summed E-state index contributed by atoms with van der Waals surface area (Å²) in [6, 6.07) is 11.0. The Morgan fingerprint density at radius 3 is 2.48 bits per heavy atom. The summed E-state index contributed by atoms with van der Waals surface area (Å²) < 4.78 is 11.0. The molecule has 0 saturated carbocycles. The van der Waals surface area contributed by atoms with Gasteiger partial charge in [0.2, 0.25) is 0 Å². The molecule has 110 valence electrons. The average Bonchev–Trinajstić information content (AvgIpc) is 2.46. The summed E-state index contributed by atoms with van der Waals surface area (Å²) >= 11 is 0. The number of non-ortho nitro benzene ring substituents is 1. The van der Waals surface area contributed by atoms with Crippen molar-refractivity contribution in [2.75, 3.05) is 7.11 Å². The van der Waals surface area contributed by atoms with Gasteiger partial charge in [-0.05, 0) is 25.1 Å². The molecule has 0 bridgehead atoms. The number of nitrogens with zero attached hydrogens (tertiary/aromatic N) is 1. The van der Waals surface area contributed by atoms with Crippen molar-refractivity contribution < 1.29 is 14.4 Å². The lowest BCUT2D eigenvalue weighted by molar-refractivity contribution is -0.384. The van der Waals surface area contributed by atoms with E-state index in [1.165, 1.54) is 12.1 Å². The highest BCUT2D eigenvalue weighted by Crippen LogP contribution is 2.36. The van der Waals surface area contributed by atoms with Crippen LogP contribution in [0.2, 0.25) is 0 Å². The smallest absolute Gasteiger partial charge is 0.273 e. The van der Waals surface area contributed by atoms with Crippen LogP contribution < -0.4 is 15.2 Å². The largest absolute Gasteiger partial charge is 0.496 e. The van der Waals surface area contributed by atoms with Gasteiger partial charge in [0.05, 0.1) is 23.7 Å². The van der Waals surface area contributed by atoms with Gasteiger partial charge in [0.15, 0.2) is 0 Å². The number of nitro groups is 1. The molecule has 0 spiro atoms. The first kappa shape index (κ1) is 14.8. The fourth-order valence-electron chi connectivity index (χ4n) is 2.03. The number of benzene rings is 2. The molecule has 2 rings (SSSR count). The van der Waals surface area contributed by atoms with Crippen LogP contribution in [-0.2, 0) is 0 Å². The van der Waals surface area contributed by atoms with Crippen LogP contribution in [0.1, 0.15) is 18.5 Å². The average molecular weight is 288 g/mol. The third-order valence-electron chi connectivity index (χ3n) is 2.96. The Morgan fingerprint density at radius 1 is 1.19 bits per heavy atom.